The van der Waals surface area contributed by atoms with Crippen LogP contribution in [-0.4, -0.2) is 34.5 Å². The third-order valence-corrected chi connectivity index (χ3v) is 6.18. The van der Waals surface area contributed by atoms with Gasteiger partial charge in [-0.15, -0.1) is 0 Å². The van der Waals surface area contributed by atoms with Crippen molar-refractivity contribution in [2.24, 2.45) is 0 Å². The maximum atomic E-state index is 11.8. The predicted octanol–water partition coefficient (Wildman–Crippen LogP) is 4.74. The third kappa shape index (κ3) is 3.03. The Morgan fingerprint density at radius 2 is 1.93 bits per heavy atom. The fourth-order valence-electron chi connectivity index (χ4n) is 4.67. The Labute approximate surface area is 165 Å². The van der Waals surface area contributed by atoms with Gasteiger partial charge >= 0.3 is 0 Å². The maximum Gasteiger partial charge on any atom is 0.222 e. The fraction of sp³-hybridized carbons (Fsp3) is 0.333. The van der Waals surface area contributed by atoms with E-state index in [1.807, 2.05) is 17.2 Å². The molecule has 4 heteroatoms. The summed E-state index contributed by atoms with van der Waals surface area (Å²) in [4.78, 5) is 18.4. The van der Waals surface area contributed by atoms with E-state index in [1.165, 1.54) is 22.1 Å². The molecule has 2 fully saturated rings. The second-order valence-electron chi connectivity index (χ2n) is 7.88. The number of carbonyl (C=O) groups is 1. The van der Waals surface area contributed by atoms with E-state index in [-0.39, 0.29) is 6.10 Å². The van der Waals surface area contributed by atoms with Crippen molar-refractivity contribution in [1.29, 1.82) is 0 Å². The standard InChI is InChI=1S/C24H24N2O2/c1-16-22(10-6-18-3-2-13-25-24(16)18)17-4-8-20(9-5-17)28-21-12-14-26-19(15-21)7-11-23(26)27/h2-6,8-10,13,19,21H,7,11-12,14-15H2,1H3/t19-,21-/m0/s1. The predicted molar refractivity (Wildman–Crippen MR) is 110 cm³/mol. The van der Waals surface area contributed by atoms with Crippen LogP contribution in [0.25, 0.3) is 22.0 Å². The lowest BCUT2D eigenvalue weighted by atomic mass is 9.97. The first kappa shape index (κ1) is 17.2. The number of fused-ring (bicyclic) bond motifs is 2. The first-order valence-corrected chi connectivity index (χ1v) is 10.1. The smallest absolute Gasteiger partial charge is 0.222 e. The number of pyridine rings is 1. The van der Waals surface area contributed by atoms with Crippen LogP contribution >= 0.6 is 0 Å². The Balaban J connectivity index is 1.32. The molecule has 2 aliphatic rings. The van der Waals surface area contributed by atoms with E-state index < -0.39 is 0 Å². The van der Waals surface area contributed by atoms with Crippen LogP contribution in [0.3, 0.4) is 0 Å². The Hall–Kier alpha value is -2.88. The molecule has 1 amide bonds. The molecule has 5 rings (SSSR count). The molecule has 0 saturated carbocycles. The molecular formula is C24H24N2O2. The summed E-state index contributed by atoms with van der Waals surface area (Å²) in [5.41, 5.74) is 4.63. The number of hydrogen-bond acceptors (Lipinski definition) is 3. The first-order valence-electron chi connectivity index (χ1n) is 10.1. The number of ether oxygens (including phenoxy) is 1. The number of carbonyl (C=O) groups excluding carboxylic acids is 1. The fourth-order valence-corrected chi connectivity index (χ4v) is 4.67. The Morgan fingerprint density at radius 3 is 2.79 bits per heavy atom. The van der Waals surface area contributed by atoms with Gasteiger partial charge in [-0.05, 0) is 48.2 Å². The average molecular weight is 372 g/mol. The summed E-state index contributed by atoms with van der Waals surface area (Å²) in [7, 11) is 0. The van der Waals surface area contributed by atoms with Crippen molar-refractivity contribution in [3.63, 3.8) is 0 Å². The van der Waals surface area contributed by atoms with E-state index in [1.54, 1.807) is 0 Å². The highest BCUT2D eigenvalue weighted by Gasteiger charge is 2.36. The van der Waals surface area contributed by atoms with Crippen molar-refractivity contribution >= 4 is 16.8 Å². The van der Waals surface area contributed by atoms with Crippen molar-refractivity contribution in [2.75, 3.05) is 6.54 Å². The van der Waals surface area contributed by atoms with Crippen LogP contribution in [0.2, 0.25) is 0 Å². The van der Waals surface area contributed by atoms with Gasteiger partial charge in [0.15, 0.2) is 0 Å². The molecule has 2 aromatic carbocycles. The number of rotatable bonds is 3. The summed E-state index contributed by atoms with van der Waals surface area (Å²) in [5.74, 6) is 1.22. The van der Waals surface area contributed by atoms with Crippen LogP contribution in [0.5, 0.6) is 5.75 Å². The van der Waals surface area contributed by atoms with E-state index in [0.717, 1.165) is 37.1 Å². The number of aromatic nitrogens is 1. The highest BCUT2D eigenvalue weighted by Crippen LogP contribution is 2.32. The van der Waals surface area contributed by atoms with Crippen molar-refractivity contribution < 1.29 is 9.53 Å². The number of hydrogen-bond donors (Lipinski definition) is 0. The van der Waals surface area contributed by atoms with Gasteiger partial charge in [0, 0.05) is 43.4 Å². The Morgan fingerprint density at radius 1 is 1.07 bits per heavy atom. The largest absolute Gasteiger partial charge is 0.490 e. The molecule has 2 aliphatic heterocycles. The van der Waals surface area contributed by atoms with E-state index in [9.17, 15) is 4.79 Å². The summed E-state index contributed by atoms with van der Waals surface area (Å²) >= 11 is 0. The summed E-state index contributed by atoms with van der Waals surface area (Å²) < 4.78 is 6.24. The van der Waals surface area contributed by atoms with E-state index >= 15 is 0 Å². The normalized spacial score (nSPS) is 21.8. The number of piperidine rings is 1. The number of nitrogens with zero attached hydrogens (tertiary/aromatic N) is 2. The molecular weight excluding hydrogens is 348 g/mol. The summed E-state index contributed by atoms with van der Waals surface area (Å²) in [6.45, 7) is 2.96. The zero-order valence-electron chi connectivity index (χ0n) is 16.1. The summed E-state index contributed by atoms with van der Waals surface area (Å²) in [5, 5.41) is 1.17. The van der Waals surface area contributed by atoms with Crippen LogP contribution < -0.4 is 4.74 Å². The van der Waals surface area contributed by atoms with Gasteiger partial charge in [-0.2, -0.15) is 0 Å². The minimum atomic E-state index is 0.199. The van der Waals surface area contributed by atoms with Crippen molar-refractivity contribution in [1.82, 2.24) is 9.88 Å². The maximum absolute atomic E-state index is 11.8. The molecule has 3 aromatic rings. The van der Waals surface area contributed by atoms with E-state index in [2.05, 4.69) is 54.4 Å². The van der Waals surface area contributed by atoms with Gasteiger partial charge in [0.25, 0.3) is 0 Å². The SMILES string of the molecule is Cc1c(-c2ccc(O[C@H]3CCN4C(=O)CC[C@H]4C3)cc2)ccc2cccnc12. The van der Waals surface area contributed by atoms with Crippen molar-refractivity contribution in [2.45, 2.75) is 44.8 Å². The van der Waals surface area contributed by atoms with Crippen LogP contribution in [0.4, 0.5) is 0 Å². The van der Waals surface area contributed by atoms with Gasteiger partial charge in [0.2, 0.25) is 5.91 Å². The van der Waals surface area contributed by atoms with Gasteiger partial charge in [-0.25, -0.2) is 0 Å². The Bertz CT molecular complexity index is 1030. The van der Waals surface area contributed by atoms with Crippen LogP contribution in [0.1, 0.15) is 31.2 Å². The average Bonchev–Trinajstić information content (AvgIpc) is 3.09. The lowest BCUT2D eigenvalue weighted by molar-refractivity contribution is -0.130. The minimum absolute atomic E-state index is 0.199. The second kappa shape index (κ2) is 6.93. The molecule has 0 unspecified atom stereocenters. The molecule has 2 atom stereocenters. The van der Waals surface area contributed by atoms with Gasteiger partial charge in [0.05, 0.1) is 5.52 Å². The van der Waals surface area contributed by atoms with Gasteiger partial charge in [-0.1, -0.05) is 30.3 Å². The lowest BCUT2D eigenvalue weighted by Crippen LogP contribution is -2.43. The van der Waals surface area contributed by atoms with Crippen LogP contribution in [0, 0.1) is 6.92 Å². The quantitative estimate of drug-likeness (QED) is 0.667. The van der Waals surface area contributed by atoms with Crippen LogP contribution in [0.15, 0.2) is 54.7 Å². The molecule has 0 N–H and O–H groups in total. The number of benzene rings is 2. The van der Waals surface area contributed by atoms with Crippen molar-refractivity contribution in [3.8, 4) is 16.9 Å². The summed E-state index contributed by atoms with van der Waals surface area (Å²) in [6.07, 6.45) is 5.59. The molecule has 0 spiro atoms. The van der Waals surface area contributed by atoms with Crippen LogP contribution in [-0.2, 0) is 4.79 Å². The molecule has 142 valence electrons. The second-order valence-corrected chi connectivity index (χ2v) is 7.88. The first-order chi connectivity index (χ1) is 13.7. The molecule has 3 heterocycles. The third-order valence-electron chi connectivity index (χ3n) is 6.18. The zero-order valence-corrected chi connectivity index (χ0v) is 16.1. The van der Waals surface area contributed by atoms with Gasteiger partial charge in [0.1, 0.15) is 11.9 Å². The zero-order chi connectivity index (χ0) is 19.1. The number of amides is 1. The molecule has 0 radical (unpaired) electrons. The van der Waals surface area contributed by atoms with E-state index in [0.29, 0.717) is 18.4 Å². The molecule has 0 bridgehead atoms. The molecule has 4 nitrogen and oxygen atoms in total. The highest BCUT2D eigenvalue weighted by molar-refractivity contribution is 5.88. The van der Waals surface area contributed by atoms with Crippen molar-refractivity contribution in [3.05, 3.63) is 60.3 Å². The van der Waals surface area contributed by atoms with E-state index in [4.69, 9.17) is 4.74 Å². The molecule has 1 aromatic heterocycles. The lowest BCUT2D eigenvalue weighted by Gasteiger charge is -2.35. The Kier molecular flexibility index (Phi) is 4.27. The topological polar surface area (TPSA) is 42.4 Å². The number of aryl methyl sites for hydroxylation is 1. The van der Waals surface area contributed by atoms with Gasteiger partial charge in [-0.3, -0.25) is 9.78 Å². The highest BCUT2D eigenvalue weighted by atomic mass is 16.5. The monoisotopic (exact) mass is 372 g/mol. The van der Waals surface area contributed by atoms with Gasteiger partial charge < -0.3 is 9.64 Å². The minimum Gasteiger partial charge on any atom is -0.490 e. The summed E-state index contributed by atoms with van der Waals surface area (Å²) in [6, 6.07) is 17.1. The molecule has 28 heavy (non-hydrogen) atoms. The molecule has 2 saturated heterocycles. The molecule has 0 aliphatic carbocycles.